The minimum absolute atomic E-state index is 0.118. The maximum Gasteiger partial charge on any atom is 0.408 e. The Morgan fingerprint density at radius 3 is 2.50 bits per heavy atom. The zero-order chi connectivity index (χ0) is 13.2. The molecule has 0 aliphatic carbocycles. The van der Waals surface area contributed by atoms with E-state index in [2.05, 4.69) is 0 Å². The topological polar surface area (TPSA) is 76.7 Å². The van der Waals surface area contributed by atoms with E-state index in [0.717, 1.165) is 6.07 Å². The molecule has 1 aromatic carbocycles. The normalized spacial score (nSPS) is 13.9. The van der Waals surface area contributed by atoms with Crippen molar-refractivity contribution >= 4 is 12.9 Å². The second-order valence-corrected chi connectivity index (χ2v) is 5.36. The lowest BCUT2D eigenvalue weighted by atomic mass is 10.4. The number of benzene rings is 1. The molecule has 0 saturated carbocycles. The zero-order valence-electron chi connectivity index (χ0n) is 9.57. The summed E-state index contributed by atoms with van der Waals surface area (Å²) in [6.45, 7) is 1.49. The van der Waals surface area contributed by atoms with Crippen LogP contribution in [0.4, 0.5) is 0 Å². The van der Waals surface area contributed by atoms with E-state index < -0.39 is 13.0 Å². The van der Waals surface area contributed by atoms with Gasteiger partial charge in [-0.1, -0.05) is 18.2 Å². The van der Waals surface area contributed by atoms with Crippen LogP contribution in [-0.4, -0.2) is 4.89 Å². The third kappa shape index (κ3) is 2.53. The molecule has 0 spiro atoms. The SMILES string of the molecule is Cc1occc(=O)c1OP(=O)(O)c1ccccc1. The van der Waals surface area contributed by atoms with Crippen molar-refractivity contribution in [1.29, 1.82) is 0 Å². The first-order valence-corrected chi connectivity index (χ1v) is 6.75. The van der Waals surface area contributed by atoms with Crippen molar-refractivity contribution in [1.82, 2.24) is 0 Å². The van der Waals surface area contributed by atoms with E-state index in [1.165, 1.54) is 25.3 Å². The van der Waals surface area contributed by atoms with Gasteiger partial charge in [0, 0.05) is 6.07 Å². The molecule has 1 atom stereocenters. The molecule has 94 valence electrons. The predicted molar refractivity (Wildman–Crippen MR) is 66.2 cm³/mol. The van der Waals surface area contributed by atoms with Gasteiger partial charge >= 0.3 is 7.60 Å². The summed E-state index contributed by atoms with van der Waals surface area (Å²) < 4.78 is 22.0. The highest BCUT2D eigenvalue weighted by Crippen LogP contribution is 2.41. The van der Waals surface area contributed by atoms with Crippen LogP contribution in [0.2, 0.25) is 0 Å². The molecule has 2 rings (SSSR count). The minimum atomic E-state index is -4.08. The average Bonchev–Trinajstić information content (AvgIpc) is 2.35. The first kappa shape index (κ1) is 12.6. The fraction of sp³-hybridized carbons (Fsp3) is 0.0833. The Balaban J connectivity index is 2.40. The largest absolute Gasteiger partial charge is 0.465 e. The molecule has 18 heavy (non-hydrogen) atoms. The van der Waals surface area contributed by atoms with Gasteiger partial charge in [0.2, 0.25) is 11.2 Å². The Kier molecular flexibility index (Phi) is 3.36. The lowest BCUT2D eigenvalue weighted by molar-refractivity contribution is 0.377. The van der Waals surface area contributed by atoms with Crippen LogP contribution in [0.25, 0.3) is 0 Å². The predicted octanol–water partition coefficient (Wildman–Crippen LogP) is 1.84. The second kappa shape index (κ2) is 4.80. The van der Waals surface area contributed by atoms with Crippen LogP contribution in [0.5, 0.6) is 5.75 Å². The van der Waals surface area contributed by atoms with Gasteiger partial charge in [0.25, 0.3) is 0 Å². The highest BCUT2D eigenvalue weighted by molar-refractivity contribution is 7.61. The Morgan fingerprint density at radius 1 is 1.22 bits per heavy atom. The van der Waals surface area contributed by atoms with Gasteiger partial charge in [-0.25, -0.2) is 4.57 Å². The fourth-order valence-electron chi connectivity index (χ4n) is 1.40. The third-order valence-electron chi connectivity index (χ3n) is 2.31. The summed E-state index contributed by atoms with van der Waals surface area (Å²) in [5.74, 6) is -0.0834. The molecule has 1 N–H and O–H groups in total. The lowest BCUT2D eigenvalue weighted by Gasteiger charge is -2.13. The van der Waals surface area contributed by atoms with E-state index in [0.29, 0.717) is 0 Å². The van der Waals surface area contributed by atoms with Crippen molar-refractivity contribution in [2.75, 3.05) is 0 Å². The molecule has 6 heteroatoms. The maximum atomic E-state index is 12.0. The van der Waals surface area contributed by atoms with Crippen molar-refractivity contribution in [2.24, 2.45) is 0 Å². The van der Waals surface area contributed by atoms with E-state index in [-0.39, 0.29) is 16.8 Å². The van der Waals surface area contributed by atoms with Crippen molar-refractivity contribution < 1.29 is 18.4 Å². The van der Waals surface area contributed by atoms with E-state index >= 15 is 0 Å². The van der Waals surface area contributed by atoms with Crippen molar-refractivity contribution in [3.8, 4) is 5.75 Å². The van der Waals surface area contributed by atoms with Gasteiger partial charge in [-0.3, -0.25) is 4.79 Å². The van der Waals surface area contributed by atoms with Crippen molar-refractivity contribution in [3.63, 3.8) is 0 Å². The second-order valence-electron chi connectivity index (χ2n) is 3.62. The number of rotatable bonds is 3. The Bertz CT molecular complexity index is 647. The summed E-state index contributed by atoms with van der Waals surface area (Å²) in [7, 11) is -4.08. The first-order valence-electron chi connectivity index (χ1n) is 5.17. The maximum absolute atomic E-state index is 12.0. The highest BCUT2D eigenvalue weighted by atomic mass is 31.2. The molecule has 0 aliphatic rings. The summed E-state index contributed by atoms with van der Waals surface area (Å²) >= 11 is 0. The van der Waals surface area contributed by atoms with Gasteiger partial charge in [-0.05, 0) is 19.1 Å². The molecule has 0 fully saturated rings. The Morgan fingerprint density at radius 2 is 1.89 bits per heavy atom. The zero-order valence-corrected chi connectivity index (χ0v) is 10.5. The number of aryl methyl sites for hydroxylation is 1. The first-order chi connectivity index (χ1) is 8.50. The van der Waals surface area contributed by atoms with E-state index in [9.17, 15) is 14.3 Å². The van der Waals surface area contributed by atoms with Crippen molar-refractivity contribution in [2.45, 2.75) is 6.92 Å². The minimum Gasteiger partial charge on any atom is -0.465 e. The van der Waals surface area contributed by atoms with Gasteiger partial charge in [-0.2, -0.15) is 0 Å². The summed E-state index contributed by atoms with van der Waals surface area (Å²) in [5.41, 5.74) is -0.496. The summed E-state index contributed by atoms with van der Waals surface area (Å²) in [6, 6.07) is 8.99. The molecular weight excluding hydrogens is 255 g/mol. The van der Waals surface area contributed by atoms with E-state index in [4.69, 9.17) is 8.94 Å². The molecule has 0 bridgehead atoms. The van der Waals surface area contributed by atoms with Crippen LogP contribution >= 0.6 is 7.60 Å². The van der Waals surface area contributed by atoms with Crippen LogP contribution in [0.1, 0.15) is 5.76 Å². The molecule has 2 aromatic rings. The summed E-state index contributed by atoms with van der Waals surface area (Å²) in [5, 5.41) is 0.118. The van der Waals surface area contributed by atoms with Gasteiger partial charge in [0.15, 0.2) is 0 Å². The summed E-state index contributed by atoms with van der Waals surface area (Å²) in [6.07, 6.45) is 1.20. The van der Waals surface area contributed by atoms with E-state index in [1.807, 2.05) is 0 Å². The molecule has 0 saturated heterocycles. The van der Waals surface area contributed by atoms with Crippen LogP contribution in [-0.2, 0) is 4.57 Å². The van der Waals surface area contributed by atoms with Crippen molar-refractivity contribution in [3.05, 3.63) is 58.6 Å². The van der Waals surface area contributed by atoms with Crippen LogP contribution < -0.4 is 15.3 Å². The smallest absolute Gasteiger partial charge is 0.408 e. The van der Waals surface area contributed by atoms with Gasteiger partial charge in [0.05, 0.1) is 11.6 Å². The standard InChI is InChI=1S/C12H11O5P/c1-9-12(11(13)7-8-16-9)17-18(14,15)10-5-3-2-4-6-10/h2-8H,1H3,(H,14,15). The summed E-state index contributed by atoms with van der Waals surface area (Å²) in [4.78, 5) is 21.4. The molecule has 1 unspecified atom stereocenters. The van der Waals surface area contributed by atoms with Crippen LogP contribution in [0.15, 0.2) is 51.9 Å². The monoisotopic (exact) mass is 266 g/mol. The van der Waals surface area contributed by atoms with Gasteiger partial charge in [-0.15, -0.1) is 0 Å². The molecule has 1 heterocycles. The molecular formula is C12H11O5P. The van der Waals surface area contributed by atoms with Gasteiger partial charge in [0.1, 0.15) is 5.76 Å². The molecule has 1 aromatic heterocycles. The molecule has 0 radical (unpaired) electrons. The van der Waals surface area contributed by atoms with Crippen LogP contribution in [0, 0.1) is 6.92 Å². The van der Waals surface area contributed by atoms with E-state index in [1.54, 1.807) is 18.2 Å². The Hall–Kier alpha value is -1.84. The van der Waals surface area contributed by atoms with Crippen LogP contribution in [0.3, 0.4) is 0 Å². The fourth-order valence-corrected chi connectivity index (χ4v) is 2.52. The number of hydrogen-bond acceptors (Lipinski definition) is 4. The highest BCUT2D eigenvalue weighted by Gasteiger charge is 2.26. The Labute approximate surface area is 103 Å². The number of hydrogen-bond donors (Lipinski definition) is 1. The quantitative estimate of drug-likeness (QED) is 0.858. The third-order valence-corrected chi connectivity index (χ3v) is 3.69. The molecule has 0 amide bonds. The van der Waals surface area contributed by atoms with Gasteiger partial charge < -0.3 is 13.8 Å². The molecule has 5 nitrogen and oxygen atoms in total. The average molecular weight is 266 g/mol. The lowest BCUT2D eigenvalue weighted by Crippen LogP contribution is -2.13. The molecule has 0 aliphatic heterocycles.